The van der Waals surface area contributed by atoms with Crippen LogP contribution in [0.3, 0.4) is 0 Å². The summed E-state index contributed by atoms with van der Waals surface area (Å²) in [5, 5.41) is 47.0. The lowest BCUT2D eigenvalue weighted by Crippen LogP contribution is -2.05. The molecule has 0 saturated carbocycles. The maximum absolute atomic E-state index is 11.3. The van der Waals surface area contributed by atoms with Gasteiger partial charge in [-0.3, -0.25) is 40.5 Å². The van der Waals surface area contributed by atoms with Crippen molar-refractivity contribution in [1.29, 1.82) is 0 Å². The van der Waals surface area contributed by atoms with Gasteiger partial charge >= 0.3 is 0 Å². The van der Waals surface area contributed by atoms with Gasteiger partial charge in [-0.2, -0.15) is 0 Å². The number of hydrogen-bond donors (Lipinski definition) is 1. The van der Waals surface area contributed by atoms with Crippen LogP contribution < -0.4 is 5.32 Å². The van der Waals surface area contributed by atoms with E-state index in [0.717, 1.165) is 24.3 Å². The molecule has 2 aromatic carbocycles. The SMILES string of the molecule is CCc1cc([N+](=O)[O-])c(Nc2ccc([N+](=O)[O-])cc2[N+](=O)[O-])c([N+](=O)[O-])c1. The van der Waals surface area contributed by atoms with Crippen LogP contribution in [0.2, 0.25) is 0 Å². The van der Waals surface area contributed by atoms with Crippen LogP contribution in [0.15, 0.2) is 30.3 Å². The molecule has 0 unspecified atom stereocenters. The van der Waals surface area contributed by atoms with Crippen LogP contribution in [0.5, 0.6) is 0 Å². The van der Waals surface area contributed by atoms with Crippen LogP contribution in [-0.4, -0.2) is 19.7 Å². The van der Waals surface area contributed by atoms with Crippen molar-refractivity contribution in [2.24, 2.45) is 0 Å². The molecule has 0 aliphatic carbocycles. The highest BCUT2D eigenvalue weighted by Crippen LogP contribution is 2.40. The Hall–Kier alpha value is -4.16. The van der Waals surface area contributed by atoms with Crippen LogP contribution >= 0.6 is 0 Å². The molecule has 0 aliphatic rings. The summed E-state index contributed by atoms with van der Waals surface area (Å²) in [4.78, 5) is 41.2. The second-order valence-electron chi connectivity index (χ2n) is 5.22. The van der Waals surface area contributed by atoms with E-state index in [-0.39, 0.29) is 5.69 Å². The maximum atomic E-state index is 11.3. The van der Waals surface area contributed by atoms with Gasteiger partial charge in [-0.25, -0.2) is 0 Å². The third-order valence-corrected chi connectivity index (χ3v) is 3.61. The average Bonchev–Trinajstić information content (AvgIpc) is 2.61. The molecular formula is C14H11N5O8. The first-order valence-corrected chi connectivity index (χ1v) is 7.31. The Balaban J connectivity index is 2.70. The lowest BCUT2D eigenvalue weighted by molar-refractivity contribution is -0.393. The Kier molecular flexibility index (Phi) is 5.24. The molecule has 27 heavy (non-hydrogen) atoms. The molecule has 1 N–H and O–H groups in total. The minimum absolute atomic E-state index is 0.291. The van der Waals surface area contributed by atoms with Crippen molar-refractivity contribution in [3.05, 3.63) is 76.4 Å². The molecular weight excluding hydrogens is 366 g/mol. The van der Waals surface area contributed by atoms with Gasteiger partial charge in [0.1, 0.15) is 5.69 Å². The number of non-ortho nitro benzene ring substituents is 1. The fraction of sp³-hybridized carbons (Fsp3) is 0.143. The summed E-state index contributed by atoms with van der Waals surface area (Å²) >= 11 is 0. The topological polar surface area (TPSA) is 185 Å². The standard InChI is InChI=1S/C14H11N5O8/c1-2-8-5-12(18(24)25)14(13(6-8)19(26)27)15-10-4-3-9(16(20)21)7-11(10)17(22)23/h3-7,15H,2H2,1H3. The number of nitro groups is 4. The van der Waals surface area contributed by atoms with Crippen LogP contribution in [0.4, 0.5) is 34.1 Å². The van der Waals surface area contributed by atoms with Gasteiger partial charge in [-0.1, -0.05) is 6.92 Å². The number of nitrogens with zero attached hydrogens (tertiary/aromatic N) is 4. The number of hydrogen-bond acceptors (Lipinski definition) is 9. The number of aryl methyl sites for hydroxylation is 1. The highest BCUT2D eigenvalue weighted by molar-refractivity contribution is 5.83. The molecule has 0 aliphatic heterocycles. The molecule has 0 radical (unpaired) electrons. The zero-order valence-corrected chi connectivity index (χ0v) is 13.6. The summed E-state index contributed by atoms with van der Waals surface area (Å²) < 4.78 is 0. The van der Waals surface area contributed by atoms with Crippen molar-refractivity contribution in [2.45, 2.75) is 13.3 Å². The lowest BCUT2D eigenvalue weighted by Gasteiger charge is -2.09. The van der Waals surface area contributed by atoms with Gasteiger partial charge in [0.2, 0.25) is 0 Å². The minimum atomic E-state index is -0.937. The van der Waals surface area contributed by atoms with Crippen LogP contribution in [-0.2, 0) is 6.42 Å². The predicted octanol–water partition coefficient (Wildman–Crippen LogP) is 3.63. The van der Waals surface area contributed by atoms with Crippen molar-refractivity contribution >= 4 is 34.1 Å². The van der Waals surface area contributed by atoms with Crippen LogP contribution in [0, 0.1) is 40.5 Å². The van der Waals surface area contributed by atoms with E-state index in [1.807, 2.05) is 0 Å². The smallest absolute Gasteiger partial charge is 0.300 e. The summed E-state index contributed by atoms with van der Waals surface area (Å²) in [5.74, 6) is 0. The van der Waals surface area contributed by atoms with Gasteiger partial charge in [-0.15, -0.1) is 0 Å². The first-order chi connectivity index (χ1) is 12.6. The molecule has 0 aromatic heterocycles. The van der Waals surface area contributed by atoms with E-state index >= 15 is 0 Å². The normalized spacial score (nSPS) is 10.3. The number of benzene rings is 2. The Morgan fingerprint density at radius 3 is 1.70 bits per heavy atom. The first-order valence-electron chi connectivity index (χ1n) is 7.31. The molecule has 0 saturated heterocycles. The van der Waals surface area contributed by atoms with E-state index in [2.05, 4.69) is 5.32 Å². The van der Waals surface area contributed by atoms with Gasteiger partial charge < -0.3 is 5.32 Å². The molecule has 0 amide bonds. The van der Waals surface area contributed by atoms with Crippen molar-refractivity contribution in [3.8, 4) is 0 Å². The lowest BCUT2D eigenvalue weighted by atomic mass is 10.1. The van der Waals surface area contributed by atoms with Crippen molar-refractivity contribution < 1.29 is 19.7 Å². The summed E-state index contributed by atoms with van der Waals surface area (Å²) in [6, 6.07) is 4.78. The Morgan fingerprint density at radius 1 is 0.778 bits per heavy atom. The van der Waals surface area contributed by atoms with Gasteiger partial charge in [0.05, 0.1) is 25.8 Å². The zero-order valence-electron chi connectivity index (χ0n) is 13.6. The highest BCUT2D eigenvalue weighted by atomic mass is 16.6. The third kappa shape index (κ3) is 3.92. The molecule has 0 bridgehead atoms. The fourth-order valence-corrected chi connectivity index (χ4v) is 2.31. The molecule has 2 aromatic rings. The second kappa shape index (κ2) is 7.38. The molecule has 140 valence electrons. The number of nitrogens with one attached hydrogen (secondary N) is 1. The van der Waals surface area contributed by atoms with Crippen molar-refractivity contribution in [3.63, 3.8) is 0 Å². The van der Waals surface area contributed by atoms with E-state index in [4.69, 9.17) is 0 Å². The molecule has 13 heteroatoms. The molecule has 0 fully saturated rings. The van der Waals surface area contributed by atoms with Gasteiger partial charge in [-0.05, 0) is 18.1 Å². The van der Waals surface area contributed by atoms with E-state index in [9.17, 15) is 40.5 Å². The van der Waals surface area contributed by atoms with Gasteiger partial charge in [0.25, 0.3) is 22.7 Å². The quantitative estimate of drug-likeness (QED) is 0.555. The summed E-state index contributed by atoms with van der Waals surface area (Å²) in [6.07, 6.45) is 0.291. The Labute approximate surface area is 149 Å². The summed E-state index contributed by atoms with van der Waals surface area (Å²) in [6.45, 7) is 1.65. The van der Waals surface area contributed by atoms with E-state index < -0.39 is 48.1 Å². The van der Waals surface area contributed by atoms with E-state index in [1.54, 1.807) is 6.92 Å². The highest BCUT2D eigenvalue weighted by Gasteiger charge is 2.29. The van der Waals surface area contributed by atoms with Crippen LogP contribution in [0.25, 0.3) is 0 Å². The minimum Gasteiger partial charge on any atom is -0.339 e. The fourth-order valence-electron chi connectivity index (χ4n) is 2.31. The second-order valence-corrected chi connectivity index (χ2v) is 5.22. The number of nitro benzene ring substituents is 4. The molecule has 0 heterocycles. The Morgan fingerprint density at radius 2 is 1.30 bits per heavy atom. The van der Waals surface area contributed by atoms with Gasteiger partial charge in [0.15, 0.2) is 5.69 Å². The molecule has 0 spiro atoms. The van der Waals surface area contributed by atoms with Gasteiger partial charge in [0, 0.05) is 18.2 Å². The summed E-state index contributed by atoms with van der Waals surface area (Å²) in [7, 11) is 0. The van der Waals surface area contributed by atoms with E-state index in [0.29, 0.717) is 18.1 Å². The average molecular weight is 377 g/mol. The summed E-state index contributed by atoms with van der Waals surface area (Å²) in [5.41, 5.74) is -3.20. The van der Waals surface area contributed by atoms with E-state index in [1.165, 1.54) is 0 Å². The largest absolute Gasteiger partial charge is 0.339 e. The van der Waals surface area contributed by atoms with Crippen LogP contribution in [0.1, 0.15) is 12.5 Å². The number of anilines is 2. The monoisotopic (exact) mass is 377 g/mol. The zero-order chi connectivity index (χ0) is 20.3. The van der Waals surface area contributed by atoms with Crippen molar-refractivity contribution in [2.75, 3.05) is 5.32 Å². The molecule has 13 nitrogen and oxygen atoms in total. The predicted molar refractivity (Wildman–Crippen MR) is 92.2 cm³/mol. The Bertz CT molecular complexity index is 939. The maximum Gasteiger partial charge on any atom is 0.300 e. The first kappa shape index (κ1) is 19.2. The molecule has 0 atom stereocenters. The number of rotatable bonds is 7. The molecule has 2 rings (SSSR count). The van der Waals surface area contributed by atoms with Crippen molar-refractivity contribution in [1.82, 2.24) is 0 Å². The third-order valence-electron chi connectivity index (χ3n) is 3.61.